The van der Waals surface area contributed by atoms with E-state index in [1.54, 1.807) is 36.7 Å². The molecule has 0 fully saturated rings. The minimum absolute atomic E-state index is 0.304. The van der Waals surface area contributed by atoms with Gasteiger partial charge in [-0.05, 0) is 24.3 Å². The monoisotopic (exact) mass is 278 g/mol. The van der Waals surface area contributed by atoms with Crippen LogP contribution in [-0.4, -0.2) is 11.2 Å². The quantitative estimate of drug-likeness (QED) is 0.769. The highest BCUT2D eigenvalue weighted by Gasteiger charge is 2.02. The molecule has 2 nitrogen and oxygen atoms in total. The first-order valence-electron chi connectivity index (χ1n) is 4.65. The number of aliphatic imine (C=N–C) groups is 1. The van der Waals surface area contributed by atoms with Gasteiger partial charge in [0.1, 0.15) is 5.82 Å². The number of hydrogen-bond acceptors (Lipinski definition) is 2. The first kappa shape index (κ1) is 11.0. The number of halogens is 2. The molecule has 0 amide bonds. The van der Waals surface area contributed by atoms with Gasteiger partial charge in [0.2, 0.25) is 0 Å². The second-order valence-electron chi connectivity index (χ2n) is 3.10. The third kappa shape index (κ3) is 2.52. The van der Waals surface area contributed by atoms with Crippen LogP contribution in [-0.2, 0) is 0 Å². The van der Waals surface area contributed by atoms with E-state index in [1.165, 1.54) is 12.3 Å². The summed E-state index contributed by atoms with van der Waals surface area (Å²) in [6.45, 7) is 0. The van der Waals surface area contributed by atoms with Crippen molar-refractivity contribution < 1.29 is 4.39 Å². The fourth-order valence-corrected chi connectivity index (χ4v) is 1.65. The van der Waals surface area contributed by atoms with Crippen molar-refractivity contribution in [2.45, 2.75) is 0 Å². The lowest BCUT2D eigenvalue weighted by molar-refractivity contribution is 0.625. The highest BCUT2D eigenvalue weighted by molar-refractivity contribution is 9.10. The molecule has 2 rings (SSSR count). The number of nitrogens with zero attached hydrogens (tertiary/aromatic N) is 2. The molecule has 0 aliphatic carbocycles. The third-order valence-electron chi connectivity index (χ3n) is 1.99. The van der Waals surface area contributed by atoms with Gasteiger partial charge in [-0.2, -0.15) is 0 Å². The lowest BCUT2D eigenvalue weighted by atomic mass is 10.2. The van der Waals surface area contributed by atoms with E-state index in [2.05, 4.69) is 25.9 Å². The minimum atomic E-state index is -0.304. The molecule has 4 heteroatoms. The van der Waals surface area contributed by atoms with E-state index in [0.29, 0.717) is 15.7 Å². The van der Waals surface area contributed by atoms with Crippen LogP contribution in [0.3, 0.4) is 0 Å². The van der Waals surface area contributed by atoms with Crippen LogP contribution < -0.4 is 0 Å². The predicted molar refractivity (Wildman–Crippen MR) is 65.6 cm³/mol. The second-order valence-corrected chi connectivity index (χ2v) is 3.96. The molecule has 0 bridgehead atoms. The first-order valence-corrected chi connectivity index (χ1v) is 5.45. The zero-order chi connectivity index (χ0) is 11.4. The summed E-state index contributed by atoms with van der Waals surface area (Å²) < 4.78 is 14.1. The Balaban J connectivity index is 2.31. The first-order chi connectivity index (χ1) is 7.77. The Labute approximate surface area is 101 Å². The second kappa shape index (κ2) is 4.99. The summed E-state index contributed by atoms with van der Waals surface area (Å²) in [6, 6.07) is 8.39. The minimum Gasteiger partial charge on any atom is -0.262 e. The molecule has 0 unspecified atom stereocenters. The lowest BCUT2D eigenvalue weighted by Gasteiger charge is -1.99. The molecule has 0 aliphatic rings. The van der Waals surface area contributed by atoms with Gasteiger partial charge in [-0.25, -0.2) is 4.39 Å². The van der Waals surface area contributed by atoms with E-state index in [1.807, 2.05) is 0 Å². The molecule has 16 heavy (non-hydrogen) atoms. The number of hydrogen-bond donors (Lipinski definition) is 0. The Morgan fingerprint density at radius 1 is 1.25 bits per heavy atom. The van der Waals surface area contributed by atoms with E-state index in [-0.39, 0.29) is 5.82 Å². The Kier molecular flexibility index (Phi) is 3.41. The zero-order valence-electron chi connectivity index (χ0n) is 8.27. The van der Waals surface area contributed by atoms with Crippen LogP contribution >= 0.6 is 15.9 Å². The van der Waals surface area contributed by atoms with E-state index in [0.717, 1.165) is 0 Å². The van der Waals surface area contributed by atoms with Gasteiger partial charge in [-0.1, -0.05) is 22.0 Å². The summed E-state index contributed by atoms with van der Waals surface area (Å²) in [7, 11) is 0. The SMILES string of the molecule is Fc1cccc(Br)c1/C=N/c1cccnc1. The lowest BCUT2D eigenvalue weighted by Crippen LogP contribution is -1.89. The molecule has 1 aromatic heterocycles. The molecule has 0 radical (unpaired) electrons. The Hall–Kier alpha value is -1.55. The van der Waals surface area contributed by atoms with Crippen LogP contribution in [0.2, 0.25) is 0 Å². The maximum absolute atomic E-state index is 13.4. The normalized spacial score (nSPS) is 10.9. The highest BCUT2D eigenvalue weighted by atomic mass is 79.9. The molecular formula is C12H8BrFN2. The summed E-state index contributed by atoms with van der Waals surface area (Å²) in [5, 5.41) is 0. The largest absolute Gasteiger partial charge is 0.262 e. The summed E-state index contributed by atoms with van der Waals surface area (Å²) in [4.78, 5) is 8.06. The molecule has 0 saturated carbocycles. The van der Waals surface area contributed by atoms with Crippen molar-refractivity contribution in [3.8, 4) is 0 Å². The predicted octanol–water partition coefficient (Wildman–Crippen LogP) is 3.73. The van der Waals surface area contributed by atoms with Gasteiger partial charge in [-0.3, -0.25) is 9.98 Å². The van der Waals surface area contributed by atoms with E-state index >= 15 is 0 Å². The standard InChI is InChI=1S/C12H8BrFN2/c13-11-4-1-5-12(14)10(11)8-16-9-3-2-6-15-7-9/h1-8H/b16-8+. The van der Waals surface area contributed by atoms with Gasteiger partial charge < -0.3 is 0 Å². The highest BCUT2D eigenvalue weighted by Crippen LogP contribution is 2.18. The summed E-state index contributed by atoms with van der Waals surface area (Å²) in [6.07, 6.45) is 4.76. The molecule has 2 aromatic rings. The maximum atomic E-state index is 13.4. The van der Waals surface area contributed by atoms with Crippen LogP contribution in [0.4, 0.5) is 10.1 Å². The molecule has 0 atom stereocenters. The fourth-order valence-electron chi connectivity index (χ4n) is 1.20. The third-order valence-corrected chi connectivity index (χ3v) is 2.68. The van der Waals surface area contributed by atoms with Crippen molar-refractivity contribution in [3.05, 3.63) is 58.6 Å². The van der Waals surface area contributed by atoms with Crippen molar-refractivity contribution in [2.24, 2.45) is 4.99 Å². The molecule has 80 valence electrons. The van der Waals surface area contributed by atoms with Gasteiger partial charge in [0, 0.05) is 22.4 Å². The average molecular weight is 279 g/mol. The molecular weight excluding hydrogens is 271 g/mol. The van der Waals surface area contributed by atoms with Crippen molar-refractivity contribution in [1.82, 2.24) is 4.98 Å². The van der Waals surface area contributed by atoms with Gasteiger partial charge in [-0.15, -0.1) is 0 Å². The Morgan fingerprint density at radius 3 is 2.81 bits per heavy atom. The van der Waals surface area contributed by atoms with Crippen LogP contribution in [0, 0.1) is 5.82 Å². The molecule has 0 aliphatic heterocycles. The Morgan fingerprint density at radius 2 is 2.12 bits per heavy atom. The van der Waals surface area contributed by atoms with Crippen LogP contribution in [0.1, 0.15) is 5.56 Å². The topological polar surface area (TPSA) is 25.2 Å². The van der Waals surface area contributed by atoms with Gasteiger partial charge >= 0.3 is 0 Å². The smallest absolute Gasteiger partial charge is 0.133 e. The number of benzene rings is 1. The van der Waals surface area contributed by atoms with E-state index in [9.17, 15) is 4.39 Å². The zero-order valence-corrected chi connectivity index (χ0v) is 9.86. The maximum Gasteiger partial charge on any atom is 0.133 e. The summed E-state index contributed by atoms with van der Waals surface area (Å²) >= 11 is 3.27. The van der Waals surface area contributed by atoms with Crippen LogP contribution in [0.25, 0.3) is 0 Å². The average Bonchev–Trinajstić information content (AvgIpc) is 2.30. The van der Waals surface area contributed by atoms with Crippen molar-refractivity contribution in [3.63, 3.8) is 0 Å². The van der Waals surface area contributed by atoms with Crippen molar-refractivity contribution in [1.29, 1.82) is 0 Å². The van der Waals surface area contributed by atoms with E-state index in [4.69, 9.17) is 0 Å². The van der Waals surface area contributed by atoms with Gasteiger partial charge in [0.15, 0.2) is 0 Å². The van der Waals surface area contributed by atoms with E-state index < -0.39 is 0 Å². The summed E-state index contributed by atoms with van der Waals surface area (Å²) in [5.74, 6) is -0.304. The van der Waals surface area contributed by atoms with Crippen LogP contribution in [0.5, 0.6) is 0 Å². The number of pyridine rings is 1. The molecule has 1 aromatic carbocycles. The molecule has 0 spiro atoms. The number of rotatable bonds is 2. The van der Waals surface area contributed by atoms with Gasteiger partial charge in [0.05, 0.1) is 11.9 Å². The summed E-state index contributed by atoms with van der Waals surface area (Å²) in [5.41, 5.74) is 1.13. The fraction of sp³-hybridized carbons (Fsp3) is 0. The Bertz CT molecular complexity index is 491. The van der Waals surface area contributed by atoms with Crippen molar-refractivity contribution >= 4 is 27.8 Å². The molecule has 0 saturated heterocycles. The van der Waals surface area contributed by atoms with Gasteiger partial charge in [0.25, 0.3) is 0 Å². The number of aromatic nitrogens is 1. The molecule has 0 N–H and O–H groups in total. The van der Waals surface area contributed by atoms with Crippen LogP contribution in [0.15, 0.2) is 52.2 Å². The molecule has 1 heterocycles. The van der Waals surface area contributed by atoms with Crippen molar-refractivity contribution in [2.75, 3.05) is 0 Å².